The third-order valence-electron chi connectivity index (χ3n) is 9.61. The van der Waals surface area contributed by atoms with Gasteiger partial charge in [-0.05, 0) is 68.3 Å². The van der Waals surface area contributed by atoms with Crippen LogP contribution in [0.15, 0.2) is 170 Å². The maximum atomic E-state index is 9.63. The van der Waals surface area contributed by atoms with Gasteiger partial charge < -0.3 is 4.57 Å². The molecular weight excluding hydrogens is 625 g/mol. The number of benzene rings is 7. The number of aromatic nitrogens is 1. The number of nitrogens with zero attached hydrogens (tertiary/aromatic N) is 4. The van der Waals surface area contributed by atoms with Crippen LogP contribution in [-0.4, -0.2) is 12.6 Å². The average Bonchev–Trinajstić information content (AvgIpc) is 3.52. The van der Waals surface area contributed by atoms with Gasteiger partial charge >= 0.3 is 0 Å². The molecule has 232 valence electrons. The lowest BCUT2D eigenvalue weighted by molar-refractivity contribution is 1.19. The van der Waals surface area contributed by atoms with Gasteiger partial charge in [0.1, 0.15) is 0 Å². The summed E-state index contributed by atoms with van der Waals surface area (Å²) in [7, 11) is -3.00. The first-order chi connectivity index (χ1) is 24.7. The van der Waals surface area contributed by atoms with Gasteiger partial charge in [0, 0.05) is 10.8 Å². The number of para-hydroxylation sites is 1. The molecule has 0 spiro atoms. The van der Waals surface area contributed by atoms with Gasteiger partial charge in [-0.15, -0.1) is 0 Å². The van der Waals surface area contributed by atoms with E-state index in [0.29, 0.717) is 16.9 Å². The van der Waals surface area contributed by atoms with Gasteiger partial charge in [-0.2, -0.15) is 5.26 Å². The Balaban J connectivity index is 1.43. The van der Waals surface area contributed by atoms with Gasteiger partial charge in [0.15, 0.2) is 13.8 Å². The normalized spacial score (nSPS) is 11.1. The van der Waals surface area contributed by atoms with Crippen LogP contribution in [0.4, 0.5) is 11.4 Å². The van der Waals surface area contributed by atoms with Crippen LogP contribution >= 0.6 is 0 Å². The SMILES string of the molecule is [C-]#[N+]c1ccc(-c2ccc(-n3c4ccccc4c4cc(C#N)ccc43)c([N+]#[C-])c2)c([Si](c2ccccc2)(c2ccccc2)c2ccccc2)c1. The van der Waals surface area contributed by atoms with Crippen LogP contribution in [0.2, 0.25) is 0 Å². The predicted molar refractivity (Wildman–Crippen MR) is 207 cm³/mol. The van der Waals surface area contributed by atoms with Crippen LogP contribution in [0.3, 0.4) is 0 Å². The Labute approximate surface area is 292 Å². The van der Waals surface area contributed by atoms with Crippen LogP contribution in [-0.2, 0) is 0 Å². The lowest BCUT2D eigenvalue weighted by Gasteiger charge is -2.36. The van der Waals surface area contributed by atoms with Gasteiger partial charge in [0.25, 0.3) is 0 Å². The van der Waals surface area contributed by atoms with Gasteiger partial charge in [-0.3, -0.25) is 0 Å². The first-order valence-electron chi connectivity index (χ1n) is 16.3. The highest BCUT2D eigenvalue weighted by Crippen LogP contribution is 2.38. The molecule has 0 saturated heterocycles. The van der Waals surface area contributed by atoms with Crippen molar-refractivity contribution in [2.75, 3.05) is 0 Å². The number of nitriles is 1. The molecule has 0 saturated carbocycles. The second-order valence-corrected chi connectivity index (χ2v) is 16.0. The van der Waals surface area contributed by atoms with E-state index in [1.54, 1.807) is 0 Å². The summed E-state index contributed by atoms with van der Waals surface area (Å²) in [5, 5.41) is 16.4. The second kappa shape index (κ2) is 12.6. The molecule has 50 heavy (non-hydrogen) atoms. The molecular formula is C45H28N4Si. The van der Waals surface area contributed by atoms with Crippen molar-refractivity contribution in [3.05, 3.63) is 198 Å². The smallest absolute Gasteiger partial charge is 0.211 e. The summed E-state index contributed by atoms with van der Waals surface area (Å²) >= 11 is 0. The van der Waals surface area contributed by atoms with Crippen molar-refractivity contribution in [1.29, 1.82) is 5.26 Å². The molecule has 1 heterocycles. The molecule has 0 amide bonds. The van der Waals surface area contributed by atoms with E-state index in [1.807, 2.05) is 66.7 Å². The zero-order valence-electron chi connectivity index (χ0n) is 27.0. The Bertz CT molecular complexity index is 2580. The minimum absolute atomic E-state index is 0.515. The highest BCUT2D eigenvalue weighted by atomic mass is 28.3. The Morgan fingerprint density at radius 1 is 0.540 bits per heavy atom. The van der Waals surface area contributed by atoms with Crippen molar-refractivity contribution < 1.29 is 0 Å². The van der Waals surface area contributed by atoms with Gasteiger partial charge in [0.05, 0.1) is 41.5 Å². The summed E-state index contributed by atoms with van der Waals surface area (Å²) < 4.78 is 2.13. The van der Waals surface area contributed by atoms with E-state index in [-0.39, 0.29) is 0 Å². The molecule has 4 nitrogen and oxygen atoms in total. The van der Waals surface area contributed by atoms with E-state index in [4.69, 9.17) is 13.1 Å². The molecule has 0 radical (unpaired) electrons. The third kappa shape index (κ3) is 4.80. The molecule has 8 aromatic rings. The summed E-state index contributed by atoms with van der Waals surface area (Å²) in [5.74, 6) is 0. The molecule has 0 atom stereocenters. The fourth-order valence-corrected chi connectivity index (χ4v) is 12.5. The van der Waals surface area contributed by atoms with Crippen LogP contribution in [0.5, 0.6) is 0 Å². The summed E-state index contributed by atoms with van der Waals surface area (Å²) in [6, 6.07) is 60.3. The van der Waals surface area contributed by atoms with Crippen LogP contribution in [0.1, 0.15) is 5.56 Å². The zero-order chi connectivity index (χ0) is 34.1. The van der Waals surface area contributed by atoms with Crippen molar-refractivity contribution in [3.63, 3.8) is 0 Å². The third-order valence-corrected chi connectivity index (χ3v) is 14.4. The molecule has 0 aliphatic carbocycles. The standard InChI is InChI=1S/C45H28N4Si/c1-47-34-24-25-38(45(30-34)50(35-14-6-3-7-15-35,36-16-8-4-9-17-36)37-18-10-5-11-19-37)33-23-27-44(41(29-33)48-2)49-42-21-13-12-20-39(42)40-28-32(31-46)22-26-43(40)49/h3-30H. The Morgan fingerprint density at radius 2 is 1.14 bits per heavy atom. The molecule has 0 aliphatic rings. The number of fused-ring (bicyclic) bond motifs is 3. The Hall–Kier alpha value is -6.97. The predicted octanol–water partition coefficient (Wildman–Crippen LogP) is 8.80. The summed E-state index contributed by atoms with van der Waals surface area (Å²) in [4.78, 5) is 8.01. The van der Waals surface area contributed by atoms with Gasteiger partial charge in [-0.1, -0.05) is 133 Å². The van der Waals surface area contributed by atoms with Crippen molar-refractivity contribution in [3.8, 4) is 22.9 Å². The van der Waals surface area contributed by atoms with Crippen molar-refractivity contribution >= 4 is 62.0 Å². The molecule has 7 aromatic carbocycles. The molecule has 8 rings (SSSR count). The largest absolute Gasteiger partial charge is 0.319 e. The van der Waals surface area contributed by atoms with E-state index in [1.165, 1.54) is 15.6 Å². The van der Waals surface area contributed by atoms with Crippen molar-refractivity contribution in [2.24, 2.45) is 0 Å². The number of hydrogen-bond acceptors (Lipinski definition) is 1. The number of hydrogen-bond donors (Lipinski definition) is 0. The van der Waals surface area contributed by atoms with Crippen LogP contribution in [0, 0.1) is 24.5 Å². The summed E-state index contributed by atoms with van der Waals surface area (Å²) in [6.07, 6.45) is 0. The molecule has 0 fully saturated rings. The second-order valence-electron chi connectivity index (χ2n) is 12.2. The van der Waals surface area contributed by atoms with E-state index >= 15 is 0 Å². The maximum Gasteiger partial charge on any atom is 0.211 e. The van der Waals surface area contributed by atoms with E-state index in [2.05, 4.69) is 123 Å². The molecule has 1 aromatic heterocycles. The highest BCUT2D eigenvalue weighted by Gasteiger charge is 2.43. The highest BCUT2D eigenvalue weighted by molar-refractivity contribution is 7.20. The molecule has 5 heteroatoms. The Kier molecular flexibility index (Phi) is 7.63. The quantitative estimate of drug-likeness (QED) is 0.101. The van der Waals surface area contributed by atoms with Gasteiger partial charge in [-0.25, -0.2) is 9.69 Å². The lowest BCUT2D eigenvalue weighted by Crippen LogP contribution is -2.75. The van der Waals surface area contributed by atoms with Crippen molar-refractivity contribution in [2.45, 2.75) is 0 Å². The fourth-order valence-electron chi connectivity index (χ4n) is 7.47. The topological polar surface area (TPSA) is 37.4 Å². The maximum absolute atomic E-state index is 9.63. The minimum atomic E-state index is -3.00. The zero-order valence-corrected chi connectivity index (χ0v) is 28.0. The van der Waals surface area contributed by atoms with E-state index in [9.17, 15) is 5.26 Å². The molecule has 0 N–H and O–H groups in total. The van der Waals surface area contributed by atoms with Crippen LogP contribution < -0.4 is 20.7 Å². The summed E-state index contributed by atoms with van der Waals surface area (Å²) in [6.45, 7) is 16.5. The molecule has 0 bridgehead atoms. The summed E-state index contributed by atoms with van der Waals surface area (Å²) in [5.41, 5.74) is 6.29. The average molecular weight is 653 g/mol. The molecule has 0 aliphatic heterocycles. The van der Waals surface area contributed by atoms with Gasteiger partial charge in [0.2, 0.25) is 5.69 Å². The first kappa shape index (κ1) is 30.4. The van der Waals surface area contributed by atoms with Crippen molar-refractivity contribution in [1.82, 2.24) is 4.57 Å². The van der Waals surface area contributed by atoms with E-state index in [0.717, 1.165) is 43.8 Å². The fraction of sp³-hybridized carbons (Fsp3) is 0. The number of rotatable bonds is 6. The Morgan fingerprint density at radius 3 is 1.74 bits per heavy atom. The lowest BCUT2D eigenvalue weighted by atomic mass is 10.0. The monoisotopic (exact) mass is 652 g/mol. The van der Waals surface area contributed by atoms with Crippen LogP contribution in [0.25, 0.3) is 48.3 Å². The molecule has 0 unspecified atom stereocenters. The van der Waals surface area contributed by atoms with E-state index < -0.39 is 8.07 Å². The first-order valence-corrected chi connectivity index (χ1v) is 18.3. The minimum Gasteiger partial charge on any atom is -0.319 e.